The Morgan fingerprint density at radius 3 is 2.86 bits per heavy atom. The number of aromatic amines is 1. The minimum absolute atomic E-state index is 0.610. The van der Waals surface area contributed by atoms with Gasteiger partial charge < -0.3 is 15.6 Å². The number of hydrogen-bond donors (Lipinski definition) is 3. The van der Waals surface area contributed by atoms with E-state index in [1.54, 1.807) is 0 Å². The van der Waals surface area contributed by atoms with Crippen LogP contribution < -0.4 is 10.6 Å². The summed E-state index contributed by atoms with van der Waals surface area (Å²) < 4.78 is 0. The zero-order valence-electron chi connectivity index (χ0n) is 12.4. The molecule has 1 saturated carbocycles. The Hall–Kier alpha value is -1.61. The third kappa shape index (κ3) is 3.18. The highest BCUT2D eigenvalue weighted by atomic mass is 35.5. The van der Waals surface area contributed by atoms with Crippen LogP contribution in [-0.2, 0) is 13.0 Å². The molecular weight excluding hydrogens is 282 g/mol. The lowest BCUT2D eigenvalue weighted by Crippen LogP contribution is -2.38. The van der Waals surface area contributed by atoms with E-state index in [9.17, 15) is 0 Å². The lowest BCUT2D eigenvalue weighted by atomic mass is 9.93. The molecule has 1 aromatic heterocycles. The average molecular weight is 304 g/mol. The number of aromatic nitrogens is 1. The first-order chi connectivity index (χ1) is 10.2. The van der Waals surface area contributed by atoms with Gasteiger partial charge in [0.05, 0.1) is 12.4 Å². The van der Waals surface area contributed by atoms with E-state index >= 15 is 0 Å². The van der Waals surface area contributed by atoms with Crippen molar-refractivity contribution in [1.82, 2.24) is 15.6 Å². The average Bonchev–Trinajstić information content (AvgIpc) is 2.81. The molecule has 2 aromatic rings. The Labute approximate surface area is 130 Å². The molecule has 1 fully saturated rings. The van der Waals surface area contributed by atoms with Gasteiger partial charge in [0.1, 0.15) is 0 Å². The van der Waals surface area contributed by atoms with E-state index in [4.69, 9.17) is 11.6 Å². The van der Waals surface area contributed by atoms with Crippen LogP contribution in [0.5, 0.6) is 0 Å². The molecule has 1 aliphatic carbocycles. The van der Waals surface area contributed by atoms with Crippen LogP contribution in [0, 0.1) is 0 Å². The Kier molecular flexibility index (Phi) is 4.11. The number of aryl methyl sites for hydroxylation is 1. The van der Waals surface area contributed by atoms with Gasteiger partial charge in [-0.25, -0.2) is 0 Å². The van der Waals surface area contributed by atoms with Gasteiger partial charge in [0.15, 0.2) is 0 Å². The van der Waals surface area contributed by atoms with Gasteiger partial charge in [-0.05, 0) is 49.4 Å². The largest absolute Gasteiger partial charge is 0.370 e. The molecule has 0 radical (unpaired) electrons. The monoisotopic (exact) mass is 303 g/mol. The number of H-pyrrole nitrogens is 1. The number of rotatable bonds is 6. The molecule has 0 unspecified atom stereocenters. The summed E-state index contributed by atoms with van der Waals surface area (Å²) in [6.07, 6.45) is 4.79. The van der Waals surface area contributed by atoms with Gasteiger partial charge in [-0.1, -0.05) is 25.1 Å². The predicted molar refractivity (Wildman–Crippen MR) is 89.4 cm³/mol. The zero-order chi connectivity index (χ0) is 14.8. The van der Waals surface area contributed by atoms with Crippen LogP contribution in [-0.4, -0.2) is 11.0 Å². The van der Waals surface area contributed by atoms with Crippen LogP contribution in [0.4, 0.5) is 0 Å². The van der Waals surface area contributed by atoms with Crippen molar-refractivity contribution in [1.29, 1.82) is 0 Å². The summed E-state index contributed by atoms with van der Waals surface area (Å²) in [5, 5.41) is 8.75. The van der Waals surface area contributed by atoms with Gasteiger partial charge >= 0.3 is 0 Å². The first kappa shape index (κ1) is 14.3. The van der Waals surface area contributed by atoms with Crippen LogP contribution in [0.1, 0.15) is 37.4 Å². The summed E-state index contributed by atoms with van der Waals surface area (Å²) in [4.78, 5) is 3.44. The van der Waals surface area contributed by atoms with E-state index in [1.807, 2.05) is 6.07 Å². The summed E-state index contributed by atoms with van der Waals surface area (Å²) in [6.45, 7) is 6.89. The maximum atomic E-state index is 6.27. The van der Waals surface area contributed by atoms with Gasteiger partial charge in [-0.3, -0.25) is 0 Å². The molecule has 0 aliphatic heterocycles. The van der Waals surface area contributed by atoms with Crippen molar-refractivity contribution in [3.05, 3.63) is 46.9 Å². The topological polar surface area (TPSA) is 39.9 Å². The van der Waals surface area contributed by atoms with Crippen molar-refractivity contribution in [2.75, 3.05) is 0 Å². The van der Waals surface area contributed by atoms with Crippen molar-refractivity contribution < 1.29 is 0 Å². The Bertz CT molecular complexity index is 655. The van der Waals surface area contributed by atoms with Crippen LogP contribution in [0.25, 0.3) is 10.9 Å². The smallest absolute Gasteiger partial charge is 0.0917 e. The van der Waals surface area contributed by atoms with Crippen LogP contribution in [0.15, 0.2) is 30.6 Å². The number of hydrogen-bond acceptors (Lipinski definition) is 2. The van der Waals surface area contributed by atoms with E-state index < -0.39 is 0 Å². The second-order valence-electron chi connectivity index (χ2n) is 5.78. The predicted octanol–water partition coefficient (Wildman–Crippen LogP) is 4.09. The molecule has 3 N–H and O–H groups in total. The fraction of sp³-hybridized carbons (Fsp3) is 0.412. The highest BCUT2D eigenvalue weighted by Gasteiger charge is 2.16. The van der Waals surface area contributed by atoms with Crippen molar-refractivity contribution >= 4 is 22.5 Å². The Morgan fingerprint density at radius 1 is 1.38 bits per heavy atom. The van der Waals surface area contributed by atoms with Gasteiger partial charge in [0.2, 0.25) is 0 Å². The Morgan fingerprint density at radius 2 is 2.19 bits per heavy atom. The fourth-order valence-corrected chi connectivity index (χ4v) is 2.98. The number of halogens is 1. The molecule has 3 rings (SSSR count). The van der Waals surface area contributed by atoms with Gasteiger partial charge in [0.25, 0.3) is 0 Å². The normalized spacial score (nSPS) is 15.0. The number of nitrogens with one attached hydrogen (secondary N) is 3. The van der Waals surface area contributed by atoms with E-state index in [-0.39, 0.29) is 0 Å². The first-order valence-electron chi connectivity index (χ1n) is 7.65. The second-order valence-corrected chi connectivity index (χ2v) is 6.19. The summed E-state index contributed by atoms with van der Waals surface area (Å²) in [5.41, 5.74) is 3.47. The van der Waals surface area contributed by atoms with E-state index in [1.165, 1.54) is 24.8 Å². The van der Waals surface area contributed by atoms with Crippen molar-refractivity contribution in [2.45, 2.75) is 45.2 Å². The number of fused-ring (bicyclic) bond motifs is 1. The molecule has 1 aliphatic rings. The molecular formula is C17H22ClN3. The SMILES string of the molecule is C=C(NCc1cc2cc(Cl)c(CC)cc2[nH]1)NC1CCC1. The zero-order valence-corrected chi connectivity index (χ0v) is 13.2. The van der Waals surface area contributed by atoms with Gasteiger partial charge in [0, 0.05) is 27.7 Å². The quantitative estimate of drug-likeness (QED) is 0.752. The van der Waals surface area contributed by atoms with Crippen molar-refractivity contribution in [3.8, 4) is 0 Å². The highest BCUT2D eigenvalue weighted by Crippen LogP contribution is 2.25. The highest BCUT2D eigenvalue weighted by molar-refractivity contribution is 6.32. The molecule has 112 valence electrons. The summed E-state index contributed by atoms with van der Waals surface area (Å²) in [5.74, 6) is 0.908. The molecule has 0 bridgehead atoms. The second kappa shape index (κ2) is 6.02. The summed E-state index contributed by atoms with van der Waals surface area (Å²) in [6, 6.07) is 6.93. The molecule has 21 heavy (non-hydrogen) atoms. The van der Waals surface area contributed by atoms with Crippen molar-refractivity contribution in [3.63, 3.8) is 0 Å². The fourth-order valence-electron chi connectivity index (χ4n) is 2.68. The molecule has 3 nitrogen and oxygen atoms in total. The molecule has 1 aromatic carbocycles. The summed E-state index contributed by atoms with van der Waals surface area (Å²) in [7, 11) is 0. The lowest BCUT2D eigenvalue weighted by molar-refractivity contribution is 0.356. The third-order valence-electron chi connectivity index (χ3n) is 4.20. The first-order valence-corrected chi connectivity index (χ1v) is 8.03. The van der Waals surface area contributed by atoms with Crippen molar-refractivity contribution in [2.24, 2.45) is 0 Å². The molecule has 4 heteroatoms. The third-order valence-corrected chi connectivity index (χ3v) is 4.55. The standard InChI is InChI=1S/C17H22ClN3/c1-3-12-9-17-13(8-16(12)18)7-15(21-17)10-19-11(2)20-14-5-4-6-14/h7-9,14,19-21H,2-6,10H2,1H3. The molecule has 0 amide bonds. The van der Waals surface area contributed by atoms with Crippen LogP contribution in [0.3, 0.4) is 0 Å². The molecule has 0 spiro atoms. The lowest BCUT2D eigenvalue weighted by Gasteiger charge is -2.28. The van der Waals surface area contributed by atoms with E-state index in [0.29, 0.717) is 6.04 Å². The minimum Gasteiger partial charge on any atom is -0.370 e. The van der Waals surface area contributed by atoms with Gasteiger partial charge in [-0.15, -0.1) is 0 Å². The van der Waals surface area contributed by atoms with E-state index in [0.717, 1.165) is 40.4 Å². The van der Waals surface area contributed by atoms with Gasteiger partial charge in [-0.2, -0.15) is 0 Å². The maximum Gasteiger partial charge on any atom is 0.0917 e. The summed E-state index contributed by atoms with van der Waals surface area (Å²) >= 11 is 6.27. The van der Waals surface area contributed by atoms with Crippen LogP contribution in [0.2, 0.25) is 5.02 Å². The minimum atomic E-state index is 0.610. The number of benzene rings is 1. The van der Waals surface area contributed by atoms with E-state index in [2.05, 4.69) is 41.3 Å². The molecule has 0 atom stereocenters. The Balaban J connectivity index is 1.65. The van der Waals surface area contributed by atoms with Crippen LogP contribution >= 0.6 is 11.6 Å². The maximum absolute atomic E-state index is 6.27. The molecule has 0 saturated heterocycles. The molecule has 1 heterocycles.